The number of fused-ring (bicyclic) bond motifs is 1. The molecule has 1 N–H and O–H groups in total. The van der Waals surface area contributed by atoms with Crippen molar-refractivity contribution in [2.75, 3.05) is 11.2 Å². The first-order valence-corrected chi connectivity index (χ1v) is 6.28. The highest BCUT2D eigenvalue weighted by Crippen LogP contribution is 2.16. The summed E-state index contributed by atoms with van der Waals surface area (Å²) >= 11 is 5.87. The molecule has 0 aliphatic carbocycles. The average molecular weight is 253 g/mol. The molecule has 2 unspecified atom stereocenters. The molecule has 4 nitrogen and oxygen atoms in total. The first-order valence-electron chi connectivity index (χ1n) is 5.74. The molecular weight excluding hydrogens is 236 g/mol. The Morgan fingerprint density at radius 3 is 2.88 bits per heavy atom. The molecule has 0 amide bonds. The van der Waals surface area contributed by atoms with Gasteiger partial charge in [0.15, 0.2) is 5.65 Å². The molecule has 2 aromatic rings. The second-order valence-electron chi connectivity index (χ2n) is 4.51. The monoisotopic (exact) mass is 252 g/mol. The summed E-state index contributed by atoms with van der Waals surface area (Å²) in [6.07, 6.45) is 1.57. The van der Waals surface area contributed by atoms with Gasteiger partial charge in [-0.15, -0.1) is 11.6 Å². The number of nitrogens with zero attached hydrogens (tertiary/aromatic N) is 3. The van der Waals surface area contributed by atoms with Crippen LogP contribution in [-0.4, -0.2) is 26.5 Å². The van der Waals surface area contributed by atoms with E-state index >= 15 is 0 Å². The third kappa shape index (κ3) is 2.52. The molecule has 5 heteroatoms. The minimum Gasteiger partial charge on any atom is -0.367 e. The number of pyridine rings is 1. The minimum atomic E-state index is 0.293. The van der Waals surface area contributed by atoms with Gasteiger partial charge in [-0.3, -0.25) is 0 Å². The number of alkyl halides is 1. The van der Waals surface area contributed by atoms with Crippen molar-refractivity contribution in [3.8, 4) is 0 Å². The molecule has 0 fully saturated rings. The lowest BCUT2D eigenvalue weighted by atomic mass is 10.1. The zero-order chi connectivity index (χ0) is 12.4. The van der Waals surface area contributed by atoms with E-state index in [4.69, 9.17) is 11.6 Å². The van der Waals surface area contributed by atoms with Crippen LogP contribution in [0.25, 0.3) is 5.65 Å². The van der Waals surface area contributed by atoms with E-state index in [1.54, 1.807) is 6.33 Å². The Morgan fingerprint density at radius 1 is 1.41 bits per heavy atom. The van der Waals surface area contributed by atoms with E-state index in [2.05, 4.69) is 42.2 Å². The molecule has 0 radical (unpaired) electrons. The van der Waals surface area contributed by atoms with Crippen molar-refractivity contribution in [3.05, 3.63) is 24.0 Å². The number of hydrogen-bond donors (Lipinski definition) is 1. The maximum atomic E-state index is 5.87. The summed E-state index contributed by atoms with van der Waals surface area (Å²) in [5.41, 5.74) is 2.02. The third-order valence-electron chi connectivity index (χ3n) is 3.00. The lowest BCUT2D eigenvalue weighted by Gasteiger charge is -2.20. The number of aryl methyl sites for hydroxylation is 1. The van der Waals surface area contributed by atoms with E-state index in [1.165, 1.54) is 5.56 Å². The molecule has 0 saturated carbocycles. The van der Waals surface area contributed by atoms with Crippen molar-refractivity contribution >= 4 is 23.1 Å². The molecule has 0 saturated heterocycles. The van der Waals surface area contributed by atoms with Crippen molar-refractivity contribution < 1.29 is 0 Å². The highest BCUT2D eigenvalue weighted by atomic mass is 35.5. The van der Waals surface area contributed by atoms with Gasteiger partial charge >= 0.3 is 0 Å². The Kier molecular flexibility index (Phi) is 3.52. The van der Waals surface area contributed by atoms with Crippen LogP contribution in [0.5, 0.6) is 0 Å². The summed E-state index contributed by atoms with van der Waals surface area (Å²) in [5.74, 6) is 2.00. The van der Waals surface area contributed by atoms with Crippen molar-refractivity contribution in [2.24, 2.45) is 5.92 Å². The molecule has 2 aromatic heterocycles. The fourth-order valence-corrected chi connectivity index (χ4v) is 1.94. The van der Waals surface area contributed by atoms with E-state index < -0.39 is 0 Å². The van der Waals surface area contributed by atoms with Crippen molar-refractivity contribution in [1.82, 2.24) is 14.6 Å². The van der Waals surface area contributed by atoms with Crippen LogP contribution in [0.4, 0.5) is 5.82 Å². The Bertz CT molecular complexity index is 508. The van der Waals surface area contributed by atoms with Crippen LogP contribution < -0.4 is 5.32 Å². The van der Waals surface area contributed by atoms with E-state index in [1.807, 2.05) is 10.6 Å². The summed E-state index contributed by atoms with van der Waals surface area (Å²) in [5, 5.41) is 7.65. The molecule has 92 valence electrons. The molecule has 0 bridgehead atoms. The van der Waals surface area contributed by atoms with Gasteiger partial charge in [-0.1, -0.05) is 6.92 Å². The molecule has 17 heavy (non-hydrogen) atoms. The van der Waals surface area contributed by atoms with Gasteiger partial charge in [0, 0.05) is 11.9 Å². The van der Waals surface area contributed by atoms with E-state index in [-0.39, 0.29) is 0 Å². The Labute approximate surface area is 106 Å². The van der Waals surface area contributed by atoms with E-state index in [9.17, 15) is 0 Å². The average Bonchev–Trinajstić information content (AvgIpc) is 2.75. The van der Waals surface area contributed by atoms with Crippen LogP contribution in [0.15, 0.2) is 18.5 Å². The van der Waals surface area contributed by atoms with E-state index in [0.29, 0.717) is 17.8 Å². The lowest BCUT2D eigenvalue weighted by molar-refractivity contribution is 0.562. The summed E-state index contributed by atoms with van der Waals surface area (Å²) < 4.78 is 1.81. The highest BCUT2D eigenvalue weighted by Gasteiger charge is 2.13. The lowest BCUT2D eigenvalue weighted by Crippen LogP contribution is -2.26. The molecule has 0 aliphatic rings. The van der Waals surface area contributed by atoms with Crippen LogP contribution in [0.2, 0.25) is 0 Å². The topological polar surface area (TPSA) is 42.2 Å². The van der Waals surface area contributed by atoms with Gasteiger partial charge in [0.2, 0.25) is 0 Å². The molecule has 2 heterocycles. The van der Waals surface area contributed by atoms with E-state index in [0.717, 1.165) is 11.5 Å². The number of anilines is 1. The van der Waals surface area contributed by atoms with Gasteiger partial charge in [0.1, 0.15) is 12.1 Å². The molecule has 2 rings (SSSR count). The third-order valence-corrected chi connectivity index (χ3v) is 3.48. The molecular formula is C12H17ClN4. The predicted molar refractivity (Wildman–Crippen MR) is 70.7 cm³/mol. The van der Waals surface area contributed by atoms with Gasteiger partial charge in [0.05, 0.1) is 0 Å². The number of halogens is 1. The zero-order valence-corrected chi connectivity index (χ0v) is 11.1. The highest BCUT2D eigenvalue weighted by molar-refractivity contribution is 6.18. The predicted octanol–water partition coefficient (Wildman–Crippen LogP) is 2.71. The maximum absolute atomic E-state index is 5.87. The standard InChI is InChI=1S/C12H17ClN4/c1-8-4-11-14-7-15-17(11)12(5-8)16-10(3)9(2)6-13/h4-5,7,9-10,16H,6H2,1-3H3. The number of rotatable bonds is 4. The normalized spacial score (nSPS) is 14.8. The fraction of sp³-hybridized carbons (Fsp3) is 0.500. The Morgan fingerprint density at radius 2 is 2.18 bits per heavy atom. The second kappa shape index (κ2) is 4.92. The van der Waals surface area contributed by atoms with Crippen molar-refractivity contribution in [1.29, 1.82) is 0 Å². The number of aromatic nitrogens is 3. The van der Waals surface area contributed by atoms with Crippen molar-refractivity contribution in [3.63, 3.8) is 0 Å². The van der Waals surface area contributed by atoms with Crippen LogP contribution in [0, 0.1) is 12.8 Å². The number of nitrogens with one attached hydrogen (secondary N) is 1. The van der Waals surface area contributed by atoms with Crippen LogP contribution in [0.1, 0.15) is 19.4 Å². The van der Waals surface area contributed by atoms with Gasteiger partial charge < -0.3 is 5.32 Å². The molecule has 2 atom stereocenters. The maximum Gasteiger partial charge on any atom is 0.157 e. The Hall–Kier alpha value is -1.29. The smallest absolute Gasteiger partial charge is 0.157 e. The van der Waals surface area contributed by atoms with Gasteiger partial charge in [-0.2, -0.15) is 9.61 Å². The van der Waals surface area contributed by atoms with Crippen LogP contribution in [-0.2, 0) is 0 Å². The Balaban J connectivity index is 2.31. The zero-order valence-electron chi connectivity index (χ0n) is 10.3. The number of hydrogen-bond acceptors (Lipinski definition) is 3. The summed E-state index contributed by atoms with van der Waals surface area (Å²) in [4.78, 5) is 4.20. The summed E-state index contributed by atoms with van der Waals surface area (Å²) in [7, 11) is 0. The minimum absolute atomic E-state index is 0.293. The van der Waals surface area contributed by atoms with Gasteiger partial charge in [0.25, 0.3) is 0 Å². The first kappa shape index (κ1) is 12.2. The molecule has 0 aliphatic heterocycles. The molecule has 0 aromatic carbocycles. The molecule has 0 spiro atoms. The summed E-state index contributed by atoms with van der Waals surface area (Å²) in [6.45, 7) is 6.30. The first-order chi connectivity index (χ1) is 8.11. The second-order valence-corrected chi connectivity index (χ2v) is 4.82. The van der Waals surface area contributed by atoms with Crippen molar-refractivity contribution in [2.45, 2.75) is 26.8 Å². The quantitative estimate of drug-likeness (QED) is 0.851. The van der Waals surface area contributed by atoms with Gasteiger partial charge in [-0.05, 0) is 37.5 Å². The van der Waals surface area contributed by atoms with Gasteiger partial charge in [-0.25, -0.2) is 4.98 Å². The van der Waals surface area contributed by atoms with Crippen LogP contribution >= 0.6 is 11.6 Å². The fourth-order valence-electron chi connectivity index (χ4n) is 1.67. The SMILES string of the molecule is Cc1cc(NC(C)C(C)CCl)n2ncnc2c1. The summed E-state index contributed by atoms with van der Waals surface area (Å²) in [6, 6.07) is 4.37. The van der Waals surface area contributed by atoms with Crippen LogP contribution in [0.3, 0.4) is 0 Å². The largest absolute Gasteiger partial charge is 0.367 e.